The maximum Gasteiger partial charge on any atom is 0.160 e. The topological polar surface area (TPSA) is 42.4 Å². The lowest BCUT2D eigenvalue weighted by molar-refractivity contribution is 0.282. The highest BCUT2D eigenvalue weighted by molar-refractivity contribution is 9.11. The van der Waals surface area contributed by atoms with Gasteiger partial charge in [0.25, 0.3) is 0 Å². The Kier molecular flexibility index (Phi) is 2.71. The summed E-state index contributed by atoms with van der Waals surface area (Å²) in [4.78, 5) is 4.28. The van der Waals surface area contributed by atoms with E-state index in [1.165, 1.54) is 11.3 Å². The van der Waals surface area contributed by atoms with Gasteiger partial charge in [0.1, 0.15) is 5.75 Å². The summed E-state index contributed by atoms with van der Waals surface area (Å²) in [6.07, 6.45) is 0. The molecule has 0 saturated heterocycles. The van der Waals surface area contributed by atoms with Gasteiger partial charge in [0.15, 0.2) is 3.92 Å². The van der Waals surface area contributed by atoms with Crippen molar-refractivity contribution in [2.24, 2.45) is 0 Å². The average molecular weight is 274 g/mol. The van der Waals surface area contributed by atoms with Crippen LogP contribution >= 0.6 is 27.3 Å². The van der Waals surface area contributed by atoms with Crippen LogP contribution in [-0.2, 0) is 6.61 Å². The van der Waals surface area contributed by atoms with E-state index in [1.807, 2.05) is 6.07 Å². The zero-order chi connectivity index (χ0) is 10.1. The molecule has 0 spiro atoms. The van der Waals surface area contributed by atoms with Gasteiger partial charge in [-0.1, -0.05) is 0 Å². The fourth-order valence-electron chi connectivity index (χ4n) is 1.28. The number of halogens is 1. The number of benzene rings is 1. The third-order valence-electron chi connectivity index (χ3n) is 1.93. The van der Waals surface area contributed by atoms with Crippen molar-refractivity contribution < 1.29 is 9.84 Å². The summed E-state index contributed by atoms with van der Waals surface area (Å²) in [6, 6.07) is 3.71. The van der Waals surface area contributed by atoms with E-state index in [1.54, 1.807) is 13.2 Å². The number of hydrogen-bond acceptors (Lipinski definition) is 4. The lowest BCUT2D eigenvalue weighted by atomic mass is 10.2. The highest BCUT2D eigenvalue weighted by Gasteiger charge is 2.08. The molecule has 0 saturated carbocycles. The fraction of sp³-hybridized carbons (Fsp3) is 0.222. The maximum atomic E-state index is 9.16. The van der Waals surface area contributed by atoms with Crippen molar-refractivity contribution in [1.29, 1.82) is 0 Å². The summed E-state index contributed by atoms with van der Waals surface area (Å²) >= 11 is 4.85. The van der Waals surface area contributed by atoms with Crippen LogP contribution < -0.4 is 4.74 Å². The highest BCUT2D eigenvalue weighted by atomic mass is 79.9. The van der Waals surface area contributed by atoms with Crippen molar-refractivity contribution in [2.75, 3.05) is 7.11 Å². The Morgan fingerprint density at radius 2 is 2.36 bits per heavy atom. The molecular formula is C9H8BrNO2S. The Hall–Kier alpha value is -0.650. The van der Waals surface area contributed by atoms with Gasteiger partial charge in [-0.3, -0.25) is 0 Å². The van der Waals surface area contributed by atoms with Gasteiger partial charge < -0.3 is 9.84 Å². The summed E-state index contributed by atoms with van der Waals surface area (Å²) in [5.74, 6) is 0.748. The number of thiazole rings is 1. The first-order valence-corrected chi connectivity index (χ1v) is 5.59. The molecule has 0 unspecified atom stereocenters. The Balaban J connectivity index is 2.72. The van der Waals surface area contributed by atoms with E-state index in [0.717, 1.165) is 25.4 Å². The van der Waals surface area contributed by atoms with Crippen LogP contribution in [0.3, 0.4) is 0 Å². The number of nitrogens with zero attached hydrogens (tertiary/aromatic N) is 1. The third kappa shape index (κ3) is 1.63. The second-order valence-electron chi connectivity index (χ2n) is 2.76. The van der Waals surface area contributed by atoms with E-state index in [0.29, 0.717) is 0 Å². The zero-order valence-corrected chi connectivity index (χ0v) is 9.85. The first kappa shape index (κ1) is 9.89. The molecule has 0 amide bonds. The van der Waals surface area contributed by atoms with Crippen molar-refractivity contribution in [3.8, 4) is 5.75 Å². The molecule has 2 aromatic rings. The molecular weight excluding hydrogens is 266 g/mol. The average Bonchev–Trinajstić information content (AvgIpc) is 2.56. The predicted octanol–water partition coefficient (Wildman–Crippen LogP) is 2.56. The number of aromatic nitrogens is 1. The van der Waals surface area contributed by atoms with Crippen LogP contribution in [0.5, 0.6) is 5.75 Å². The van der Waals surface area contributed by atoms with Crippen molar-refractivity contribution >= 4 is 37.5 Å². The molecule has 1 aromatic heterocycles. The van der Waals surface area contributed by atoms with Crippen molar-refractivity contribution in [2.45, 2.75) is 6.61 Å². The van der Waals surface area contributed by atoms with Gasteiger partial charge in [0, 0.05) is 5.56 Å². The second-order valence-corrected chi connectivity index (χ2v) is 5.06. The predicted molar refractivity (Wildman–Crippen MR) is 59.8 cm³/mol. The molecule has 0 aliphatic heterocycles. The van der Waals surface area contributed by atoms with E-state index in [9.17, 15) is 0 Å². The molecule has 3 nitrogen and oxygen atoms in total. The number of aliphatic hydroxyl groups excluding tert-OH is 1. The molecule has 5 heteroatoms. The Labute approximate surface area is 93.5 Å². The molecule has 1 aromatic carbocycles. The molecule has 74 valence electrons. The van der Waals surface area contributed by atoms with Crippen LogP contribution in [-0.4, -0.2) is 17.2 Å². The molecule has 0 aliphatic rings. The molecule has 1 heterocycles. The van der Waals surface area contributed by atoms with Crippen LogP contribution in [0.4, 0.5) is 0 Å². The van der Waals surface area contributed by atoms with Crippen molar-refractivity contribution in [3.63, 3.8) is 0 Å². The lowest BCUT2D eigenvalue weighted by Gasteiger charge is -2.02. The Morgan fingerprint density at radius 3 is 3.00 bits per heavy atom. The third-order valence-corrected chi connectivity index (χ3v) is 3.38. The van der Waals surface area contributed by atoms with Gasteiger partial charge in [0.2, 0.25) is 0 Å². The lowest BCUT2D eigenvalue weighted by Crippen LogP contribution is -1.88. The van der Waals surface area contributed by atoms with E-state index < -0.39 is 0 Å². The molecule has 14 heavy (non-hydrogen) atoms. The molecule has 2 rings (SSSR count). The summed E-state index contributed by atoms with van der Waals surface area (Å²) < 4.78 is 6.96. The first-order chi connectivity index (χ1) is 6.74. The fourth-order valence-corrected chi connectivity index (χ4v) is 2.75. The molecule has 0 fully saturated rings. The van der Waals surface area contributed by atoms with Crippen LogP contribution in [0, 0.1) is 0 Å². The molecule has 0 bridgehead atoms. The number of ether oxygens (including phenoxy) is 1. The largest absolute Gasteiger partial charge is 0.497 e. The molecule has 0 radical (unpaired) electrons. The minimum atomic E-state index is -0.0239. The number of hydrogen-bond donors (Lipinski definition) is 1. The monoisotopic (exact) mass is 273 g/mol. The van der Waals surface area contributed by atoms with Crippen LogP contribution in [0.2, 0.25) is 0 Å². The molecule has 1 N–H and O–H groups in total. The normalized spacial score (nSPS) is 10.8. The van der Waals surface area contributed by atoms with Gasteiger partial charge in [-0.25, -0.2) is 4.98 Å². The number of rotatable bonds is 2. The van der Waals surface area contributed by atoms with Gasteiger partial charge in [0.05, 0.1) is 23.9 Å². The minimum Gasteiger partial charge on any atom is -0.497 e. The van der Waals surface area contributed by atoms with Gasteiger partial charge in [-0.05, 0) is 28.1 Å². The van der Waals surface area contributed by atoms with Gasteiger partial charge in [-0.15, -0.1) is 11.3 Å². The summed E-state index contributed by atoms with van der Waals surface area (Å²) in [5.41, 5.74) is 1.63. The van der Waals surface area contributed by atoms with Crippen LogP contribution in [0.15, 0.2) is 16.0 Å². The SMILES string of the molecule is COc1cc(CO)c2nc(Br)sc2c1. The number of aliphatic hydroxyl groups is 1. The van der Waals surface area contributed by atoms with E-state index in [-0.39, 0.29) is 6.61 Å². The summed E-state index contributed by atoms with van der Waals surface area (Å²) in [6.45, 7) is -0.0239. The first-order valence-electron chi connectivity index (χ1n) is 3.98. The Bertz CT molecular complexity index is 469. The van der Waals surface area contributed by atoms with Crippen molar-refractivity contribution in [3.05, 3.63) is 21.6 Å². The van der Waals surface area contributed by atoms with Gasteiger partial charge >= 0.3 is 0 Å². The van der Waals surface area contributed by atoms with Crippen LogP contribution in [0.1, 0.15) is 5.56 Å². The van der Waals surface area contributed by atoms with Crippen molar-refractivity contribution in [1.82, 2.24) is 4.98 Å². The summed E-state index contributed by atoms with van der Waals surface area (Å²) in [5, 5.41) is 9.16. The van der Waals surface area contributed by atoms with Gasteiger partial charge in [-0.2, -0.15) is 0 Å². The van der Waals surface area contributed by atoms with E-state index in [2.05, 4.69) is 20.9 Å². The zero-order valence-electron chi connectivity index (χ0n) is 7.45. The highest BCUT2D eigenvalue weighted by Crippen LogP contribution is 2.32. The van der Waals surface area contributed by atoms with E-state index >= 15 is 0 Å². The molecule has 0 aliphatic carbocycles. The standard InChI is InChI=1S/C9H8BrNO2S/c1-13-6-2-5(4-12)8-7(3-6)14-9(10)11-8/h2-3,12H,4H2,1H3. The maximum absolute atomic E-state index is 9.16. The van der Waals surface area contributed by atoms with E-state index in [4.69, 9.17) is 9.84 Å². The smallest absolute Gasteiger partial charge is 0.160 e. The quantitative estimate of drug-likeness (QED) is 0.915. The second kappa shape index (κ2) is 3.84. The van der Waals surface area contributed by atoms with Crippen LogP contribution in [0.25, 0.3) is 10.2 Å². The Morgan fingerprint density at radius 1 is 1.57 bits per heavy atom. The number of methoxy groups -OCH3 is 1. The summed E-state index contributed by atoms with van der Waals surface area (Å²) in [7, 11) is 1.61. The minimum absolute atomic E-state index is 0.0239. The molecule has 0 atom stereocenters. The number of fused-ring (bicyclic) bond motifs is 1.